The van der Waals surface area contributed by atoms with E-state index >= 15 is 0 Å². The van der Waals surface area contributed by atoms with Crippen LogP contribution in [0.4, 0.5) is 0 Å². The Kier molecular flexibility index (Phi) is 1.93. The molecule has 3 aromatic carbocycles. The van der Waals surface area contributed by atoms with Gasteiger partial charge in [-0.15, -0.1) is 12.6 Å². The van der Waals surface area contributed by atoms with Crippen LogP contribution in [0, 0.1) is 0 Å². The van der Waals surface area contributed by atoms with Crippen molar-refractivity contribution in [3.63, 3.8) is 0 Å². The van der Waals surface area contributed by atoms with Crippen LogP contribution in [-0.2, 0) is 0 Å². The molecule has 1 heteroatoms. The molecule has 0 aromatic heterocycles. The zero-order valence-electron chi connectivity index (χ0n) is 8.14. The highest BCUT2D eigenvalue weighted by atomic mass is 32.1. The number of rotatable bonds is 0. The summed E-state index contributed by atoms with van der Waals surface area (Å²) in [5, 5.41) is 4.95. The summed E-state index contributed by atoms with van der Waals surface area (Å²) >= 11 is 4.62. The van der Waals surface area contributed by atoms with Crippen molar-refractivity contribution in [3.8, 4) is 0 Å². The molecule has 0 aliphatic rings. The number of benzene rings is 3. The van der Waals surface area contributed by atoms with Crippen molar-refractivity contribution in [1.29, 1.82) is 0 Å². The first kappa shape index (κ1) is 8.81. The van der Waals surface area contributed by atoms with Crippen molar-refractivity contribution in [2.45, 2.75) is 4.90 Å². The van der Waals surface area contributed by atoms with Gasteiger partial charge in [-0.25, -0.2) is 0 Å². The molecule has 0 heterocycles. The lowest BCUT2D eigenvalue weighted by atomic mass is 10.0. The van der Waals surface area contributed by atoms with Gasteiger partial charge in [0.15, 0.2) is 0 Å². The van der Waals surface area contributed by atoms with E-state index in [2.05, 4.69) is 67.2 Å². The maximum atomic E-state index is 4.62. The van der Waals surface area contributed by atoms with Crippen molar-refractivity contribution in [3.05, 3.63) is 54.6 Å². The fourth-order valence-corrected chi connectivity index (χ4v) is 2.40. The van der Waals surface area contributed by atoms with E-state index in [-0.39, 0.29) is 0 Å². The molecule has 72 valence electrons. The first-order valence-electron chi connectivity index (χ1n) is 4.96. The summed E-state index contributed by atoms with van der Waals surface area (Å²) < 4.78 is 0. The van der Waals surface area contributed by atoms with Gasteiger partial charge in [-0.1, -0.05) is 48.5 Å². The normalized spacial score (nSPS) is 11.0. The fourth-order valence-electron chi connectivity index (χ4n) is 1.99. The van der Waals surface area contributed by atoms with Crippen LogP contribution in [0.1, 0.15) is 0 Å². The molecule has 3 rings (SSSR count). The van der Waals surface area contributed by atoms with Crippen molar-refractivity contribution in [2.75, 3.05) is 0 Å². The van der Waals surface area contributed by atoms with E-state index in [9.17, 15) is 0 Å². The molecule has 0 unspecified atom stereocenters. The average molecular weight is 210 g/mol. The molecule has 0 atom stereocenters. The highest BCUT2D eigenvalue weighted by molar-refractivity contribution is 7.80. The van der Waals surface area contributed by atoms with Crippen LogP contribution in [-0.4, -0.2) is 0 Å². The van der Waals surface area contributed by atoms with Crippen LogP contribution in [0.15, 0.2) is 59.5 Å². The molecule has 0 aliphatic carbocycles. The van der Waals surface area contributed by atoms with E-state index in [0.717, 1.165) is 4.90 Å². The summed E-state index contributed by atoms with van der Waals surface area (Å²) in [5.74, 6) is 0. The van der Waals surface area contributed by atoms with E-state index in [0.29, 0.717) is 0 Å². The van der Waals surface area contributed by atoms with Gasteiger partial charge in [0.05, 0.1) is 0 Å². The number of thiol groups is 1. The second kappa shape index (κ2) is 3.28. The van der Waals surface area contributed by atoms with Crippen molar-refractivity contribution in [1.82, 2.24) is 0 Å². The molecule has 0 radical (unpaired) electrons. The monoisotopic (exact) mass is 210 g/mol. The van der Waals surface area contributed by atoms with Crippen LogP contribution in [0.3, 0.4) is 0 Å². The molecule has 0 saturated heterocycles. The van der Waals surface area contributed by atoms with Crippen molar-refractivity contribution in [2.24, 2.45) is 0 Å². The molecular weight excluding hydrogens is 200 g/mol. The van der Waals surface area contributed by atoms with Crippen LogP contribution in [0.25, 0.3) is 21.5 Å². The maximum Gasteiger partial charge on any atom is 0.0197 e. The van der Waals surface area contributed by atoms with Gasteiger partial charge in [0.25, 0.3) is 0 Å². The maximum absolute atomic E-state index is 4.62. The largest absolute Gasteiger partial charge is 0.142 e. The average Bonchev–Trinajstić information content (AvgIpc) is 2.30. The van der Waals surface area contributed by atoms with E-state index < -0.39 is 0 Å². The Morgan fingerprint density at radius 1 is 0.667 bits per heavy atom. The topological polar surface area (TPSA) is 0 Å². The summed E-state index contributed by atoms with van der Waals surface area (Å²) in [6.07, 6.45) is 0. The Labute approximate surface area is 93.9 Å². The zero-order valence-corrected chi connectivity index (χ0v) is 9.04. The molecule has 0 N–H and O–H groups in total. The Morgan fingerprint density at radius 2 is 1.13 bits per heavy atom. The second-order valence-corrected chi connectivity index (χ2v) is 4.11. The first-order valence-corrected chi connectivity index (χ1v) is 5.40. The zero-order chi connectivity index (χ0) is 10.3. The van der Waals surface area contributed by atoms with Gasteiger partial charge in [0.1, 0.15) is 0 Å². The first-order chi connectivity index (χ1) is 7.36. The van der Waals surface area contributed by atoms with E-state index in [1.807, 2.05) is 0 Å². The number of fused-ring (bicyclic) bond motifs is 2. The third kappa shape index (κ3) is 1.31. The summed E-state index contributed by atoms with van der Waals surface area (Å²) in [6, 6.07) is 18.9. The molecular formula is C14H10S. The minimum atomic E-state index is 1.07. The molecule has 0 spiro atoms. The minimum absolute atomic E-state index is 1.07. The fraction of sp³-hybridized carbons (Fsp3) is 0. The van der Waals surface area contributed by atoms with Crippen LogP contribution < -0.4 is 0 Å². The minimum Gasteiger partial charge on any atom is -0.142 e. The Bertz CT molecular complexity index is 587. The second-order valence-electron chi connectivity index (χ2n) is 3.67. The lowest BCUT2D eigenvalue weighted by Crippen LogP contribution is -1.78. The van der Waals surface area contributed by atoms with Crippen LogP contribution >= 0.6 is 12.6 Å². The van der Waals surface area contributed by atoms with E-state index in [1.165, 1.54) is 21.5 Å². The predicted molar refractivity (Wildman–Crippen MR) is 68.7 cm³/mol. The third-order valence-electron chi connectivity index (χ3n) is 2.74. The molecule has 0 saturated carbocycles. The summed E-state index contributed by atoms with van der Waals surface area (Å²) in [5.41, 5.74) is 0. The van der Waals surface area contributed by atoms with Gasteiger partial charge in [-0.2, -0.15) is 0 Å². The molecule has 3 aromatic rings. The van der Waals surface area contributed by atoms with E-state index in [1.54, 1.807) is 0 Å². The lowest BCUT2D eigenvalue weighted by molar-refractivity contribution is 1.63. The lowest BCUT2D eigenvalue weighted by Gasteiger charge is -2.06. The molecule has 15 heavy (non-hydrogen) atoms. The highest BCUT2D eigenvalue weighted by Gasteiger charge is 2.02. The van der Waals surface area contributed by atoms with Crippen molar-refractivity contribution < 1.29 is 0 Å². The van der Waals surface area contributed by atoms with Crippen LogP contribution in [0.5, 0.6) is 0 Å². The Morgan fingerprint density at radius 3 is 1.67 bits per heavy atom. The molecule has 0 fully saturated rings. The Balaban J connectivity index is 2.60. The van der Waals surface area contributed by atoms with Crippen molar-refractivity contribution >= 4 is 34.2 Å². The van der Waals surface area contributed by atoms with Gasteiger partial charge in [-0.05, 0) is 27.6 Å². The van der Waals surface area contributed by atoms with Gasteiger partial charge < -0.3 is 0 Å². The predicted octanol–water partition coefficient (Wildman–Crippen LogP) is 4.28. The molecule has 0 bridgehead atoms. The standard InChI is InChI=1S/C14H10S/c15-14-12-7-3-1-5-10(12)9-11-6-2-4-8-13(11)14/h1-9,15H. The molecule has 0 aliphatic heterocycles. The third-order valence-corrected chi connectivity index (χ3v) is 3.22. The number of hydrogen-bond acceptors (Lipinski definition) is 1. The van der Waals surface area contributed by atoms with E-state index in [4.69, 9.17) is 0 Å². The summed E-state index contributed by atoms with van der Waals surface area (Å²) in [6.45, 7) is 0. The summed E-state index contributed by atoms with van der Waals surface area (Å²) in [7, 11) is 0. The quantitative estimate of drug-likeness (QED) is 0.415. The van der Waals surface area contributed by atoms with Gasteiger partial charge in [0, 0.05) is 4.90 Å². The van der Waals surface area contributed by atoms with Gasteiger partial charge in [-0.3, -0.25) is 0 Å². The SMILES string of the molecule is Sc1c2ccccc2cc2ccccc12. The Hall–Kier alpha value is -1.47. The highest BCUT2D eigenvalue weighted by Crippen LogP contribution is 2.30. The smallest absolute Gasteiger partial charge is 0.0197 e. The molecule has 0 nitrogen and oxygen atoms in total. The number of hydrogen-bond donors (Lipinski definition) is 1. The van der Waals surface area contributed by atoms with Gasteiger partial charge in [0.2, 0.25) is 0 Å². The van der Waals surface area contributed by atoms with Gasteiger partial charge >= 0.3 is 0 Å². The van der Waals surface area contributed by atoms with Crippen LogP contribution in [0.2, 0.25) is 0 Å². The molecule has 0 amide bonds. The summed E-state index contributed by atoms with van der Waals surface area (Å²) in [4.78, 5) is 1.07.